The Labute approximate surface area is 121 Å². The number of carboxylic acids is 1. The second kappa shape index (κ2) is 5.05. The van der Waals surface area contributed by atoms with E-state index in [-0.39, 0.29) is 17.6 Å². The van der Waals surface area contributed by atoms with E-state index in [1.165, 1.54) is 4.90 Å². The van der Waals surface area contributed by atoms with Crippen molar-refractivity contribution in [1.29, 1.82) is 0 Å². The van der Waals surface area contributed by atoms with Crippen molar-refractivity contribution in [2.75, 3.05) is 13.1 Å². The van der Waals surface area contributed by atoms with E-state index in [1.807, 2.05) is 0 Å². The van der Waals surface area contributed by atoms with Gasteiger partial charge in [-0.15, -0.1) is 11.8 Å². The summed E-state index contributed by atoms with van der Waals surface area (Å²) in [5.74, 6) is -1.76. The molecule has 20 heavy (non-hydrogen) atoms. The van der Waals surface area contributed by atoms with Crippen molar-refractivity contribution in [3.63, 3.8) is 0 Å². The average molecular weight is 298 g/mol. The summed E-state index contributed by atoms with van der Waals surface area (Å²) in [6, 6.07) is -0.175. The number of aliphatic hydroxyl groups is 1. The largest absolute Gasteiger partial charge is 0.477 e. The van der Waals surface area contributed by atoms with Gasteiger partial charge in [0.25, 0.3) is 0 Å². The van der Waals surface area contributed by atoms with Crippen molar-refractivity contribution in [2.24, 2.45) is 5.92 Å². The molecule has 0 saturated carbocycles. The van der Waals surface area contributed by atoms with Crippen LogP contribution in [0.3, 0.4) is 0 Å². The van der Waals surface area contributed by atoms with E-state index in [4.69, 9.17) is 0 Å². The number of carboxylic acid groups (broad SMARTS) is 1. The third-order valence-electron chi connectivity index (χ3n) is 4.21. The Balaban J connectivity index is 1.81. The number of nitrogens with zero attached hydrogens (tertiary/aromatic N) is 1. The van der Waals surface area contributed by atoms with Crippen LogP contribution in [0.1, 0.15) is 19.8 Å². The molecule has 3 heterocycles. The molecule has 0 aromatic heterocycles. The molecule has 3 aliphatic rings. The summed E-state index contributed by atoms with van der Waals surface area (Å²) in [6.45, 7) is 3.42. The van der Waals surface area contributed by atoms with E-state index in [0.29, 0.717) is 11.7 Å². The van der Waals surface area contributed by atoms with Gasteiger partial charge in [0.05, 0.1) is 18.1 Å². The number of nitrogens with one attached hydrogen (secondary N) is 1. The second-order valence-corrected chi connectivity index (χ2v) is 6.95. The molecule has 2 fully saturated rings. The molecule has 6 nitrogen and oxygen atoms in total. The van der Waals surface area contributed by atoms with Gasteiger partial charge in [0, 0.05) is 23.1 Å². The minimum atomic E-state index is -1.04. The molecule has 0 aromatic rings. The van der Waals surface area contributed by atoms with E-state index in [0.717, 1.165) is 24.4 Å². The highest BCUT2D eigenvalue weighted by Gasteiger charge is 2.56. The zero-order valence-corrected chi connectivity index (χ0v) is 12.0. The standard InChI is InChI=1S/C13H18N2O4S/c1-6(16)10-8-4-9(20-7-2-3-14-5-7)11(13(18)19)15(8)12(10)17/h6-8,10,14,16H,2-5H2,1H3,(H,18,19)/t6-,7+,8?,10?/m1/s1. The predicted octanol–water partition coefficient (Wildman–Crippen LogP) is -0.0108. The maximum absolute atomic E-state index is 12.0. The van der Waals surface area contributed by atoms with E-state index in [9.17, 15) is 19.8 Å². The smallest absolute Gasteiger partial charge is 0.353 e. The summed E-state index contributed by atoms with van der Waals surface area (Å²) in [7, 11) is 0. The number of hydrogen-bond acceptors (Lipinski definition) is 5. The van der Waals surface area contributed by atoms with Gasteiger partial charge in [-0.1, -0.05) is 0 Å². The fourth-order valence-electron chi connectivity index (χ4n) is 3.27. The van der Waals surface area contributed by atoms with Crippen molar-refractivity contribution in [3.8, 4) is 0 Å². The van der Waals surface area contributed by atoms with Crippen LogP contribution in [0, 0.1) is 5.92 Å². The minimum absolute atomic E-state index is 0.133. The van der Waals surface area contributed by atoms with Gasteiger partial charge in [0.1, 0.15) is 5.70 Å². The van der Waals surface area contributed by atoms with Crippen LogP contribution in [0.5, 0.6) is 0 Å². The Morgan fingerprint density at radius 2 is 2.30 bits per heavy atom. The number of thioether (sulfide) groups is 1. The maximum atomic E-state index is 12.0. The third-order valence-corrected chi connectivity index (χ3v) is 5.59. The van der Waals surface area contributed by atoms with Crippen molar-refractivity contribution in [2.45, 2.75) is 37.2 Å². The lowest BCUT2D eigenvalue weighted by Gasteiger charge is -2.44. The highest BCUT2D eigenvalue weighted by molar-refractivity contribution is 8.03. The van der Waals surface area contributed by atoms with E-state index in [1.54, 1.807) is 18.7 Å². The Hall–Kier alpha value is -1.05. The van der Waals surface area contributed by atoms with Gasteiger partial charge in [-0.3, -0.25) is 4.79 Å². The second-order valence-electron chi connectivity index (χ2n) is 5.56. The van der Waals surface area contributed by atoms with E-state index >= 15 is 0 Å². The summed E-state index contributed by atoms with van der Waals surface area (Å²) in [6.07, 6.45) is 0.847. The molecule has 2 saturated heterocycles. The summed E-state index contributed by atoms with van der Waals surface area (Å²) >= 11 is 1.58. The first-order valence-corrected chi connectivity index (χ1v) is 7.73. The van der Waals surface area contributed by atoms with Crippen LogP contribution in [0.15, 0.2) is 10.6 Å². The van der Waals surface area contributed by atoms with Gasteiger partial charge in [0.15, 0.2) is 0 Å². The number of fused-ring (bicyclic) bond motifs is 1. The van der Waals surface area contributed by atoms with Crippen LogP contribution in [-0.4, -0.2) is 57.5 Å². The first-order chi connectivity index (χ1) is 9.50. The number of carbonyl (C=O) groups excluding carboxylic acids is 1. The maximum Gasteiger partial charge on any atom is 0.353 e. The number of aliphatic hydroxyl groups excluding tert-OH is 1. The van der Waals surface area contributed by atoms with Crippen LogP contribution >= 0.6 is 11.8 Å². The summed E-state index contributed by atoms with van der Waals surface area (Å²) in [5, 5.41) is 22.7. The van der Waals surface area contributed by atoms with Gasteiger partial charge >= 0.3 is 5.97 Å². The number of aliphatic carboxylic acids is 1. The quantitative estimate of drug-likeness (QED) is 0.633. The van der Waals surface area contributed by atoms with Crippen LogP contribution in [0.4, 0.5) is 0 Å². The Bertz CT molecular complexity index is 485. The molecule has 3 aliphatic heterocycles. The molecule has 0 aromatic carbocycles. The molecule has 0 spiro atoms. The fraction of sp³-hybridized carbons (Fsp3) is 0.692. The van der Waals surface area contributed by atoms with Crippen molar-refractivity contribution in [1.82, 2.24) is 10.2 Å². The van der Waals surface area contributed by atoms with Crippen LogP contribution in [-0.2, 0) is 9.59 Å². The third kappa shape index (κ3) is 2.04. The average Bonchev–Trinajstić information content (AvgIpc) is 2.95. The Morgan fingerprint density at radius 1 is 1.55 bits per heavy atom. The molecule has 0 radical (unpaired) electrons. The first kappa shape index (κ1) is 13.9. The number of amides is 1. The van der Waals surface area contributed by atoms with Gasteiger partial charge in [-0.05, 0) is 19.9 Å². The van der Waals surface area contributed by atoms with Crippen molar-refractivity contribution in [3.05, 3.63) is 10.6 Å². The monoisotopic (exact) mass is 298 g/mol. The number of rotatable bonds is 4. The summed E-state index contributed by atoms with van der Waals surface area (Å²) in [5.41, 5.74) is 0.133. The molecule has 7 heteroatoms. The Kier molecular flexibility index (Phi) is 3.51. The van der Waals surface area contributed by atoms with Crippen LogP contribution < -0.4 is 5.32 Å². The summed E-state index contributed by atoms with van der Waals surface area (Å²) < 4.78 is 0. The van der Waals surface area contributed by atoms with E-state index in [2.05, 4.69) is 5.32 Å². The van der Waals surface area contributed by atoms with E-state index < -0.39 is 18.0 Å². The highest BCUT2D eigenvalue weighted by Crippen LogP contribution is 2.48. The summed E-state index contributed by atoms with van der Waals surface area (Å²) in [4.78, 5) is 25.6. The molecule has 3 rings (SSSR count). The lowest BCUT2D eigenvalue weighted by Crippen LogP contribution is -2.61. The zero-order valence-electron chi connectivity index (χ0n) is 11.2. The van der Waals surface area contributed by atoms with Crippen molar-refractivity contribution < 1.29 is 19.8 Å². The van der Waals surface area contributed by atoms with Crippen molar-refractivity contribution >= 4 is 23.6 Å². The van der Waals surface area contributed by atoms with Gasteiger partial charge < -0.3 is 20.4 Å². The minimum Gasteiger partial charge on any atom is -0.477 e. The normalized spacial score (nSPS) is 34.2. The predicted molar refractivity (Wildman–Crippen MR) is 73.9 cm³/mol. The topological polar surface area (TPSA) is 89.9 Å². The molecule has 4 atom stereocenters. The van der Waals surface area contributed by atoms with Crippen LogP contribution in [0.25, 0.3) is 0 Å². The van der Waals surface area contributed by atoms with Gasteiger partial charge in [-0.25, -0.2) is 4.79 Å². The lowest BCUT2D eigenvalue weighted by atomic mass is 9.83. The fourth-order valence-corrected chi connectivity index (χ4v) is 4.67. The number of carbonyl (C=O) groups is 2. The number of hydrogen-bond donors (Lipinski definition) is 3. The molecule has 0 bridgehead atoms. The lowest BCUT2D eigenvalue weighted by molar-refractivity contribution is -0.161. The van der Waals surface area contributed by atoms with Gasteiger partial charge in [-0.2, -0.15) is 0 Å². The molecule has 110 valence electrons. The molecule has 0 aliphatic carbocycles. The number of β-lactam (4-membered cyclic amide) rings is 1. The molecule has 2 unspecified atom stereocenters. The molecular weight excluding hydrogens is 280 g/mol. The van der Waals surface area contributed by atoms with Gasteiger partial charge in [0.2, 0.25) is 5.91 Å². The zero-order chi connectivity index (χ0) is 14.4. The molecule has 1 amide bonds. The molecule has 3 N–H and O–H groups in total. The van der Waals surface area contributed by atoms with Crippen LogP contribution in [0.2, 0.25) is 0 Å². The molecular formula is C13H18N2O4S. The Morgan fingerprint density at radius 3 is 2.85 bits per heavy atom. The first-order valence-electron chi connectivity index (χ1n) is 6.85. The highest BCUT2D eigenvalue weighted by atomic mass is 32.2. The SMILES string of the molecule is C[C@@H](O)C1C(=O)N2C(C(=O)O)=C(S[C@H]3CCNC3)CC12.